The molecule has 0 fully saturated rings. The van der Waals surface area contributed by atoms with Crippen LogP contribution in [0.2, 0.25) is 0 Å². The number of anilines is 1. The second kappa shape index (κ2) is 6.17. The van der Waals surface area contributed by atoms with Crippen LogP contribution >= 0.6 is 15.9 Å². The van der Waals surface area contributed by atoms with E-state index in [4.69, 9.17) is 4.74 Å². The summed E-state index contributed by atoms with van der Waals surface area (Å²) in [5, 5.41) is 2.66. The molecule has 106 valence electrons. The maximum absolute atomic E-state index is 13.9. The summed E-state index contributed by atoms with van der Waals surface area (Å²) in [6.07, 6.45) is 0. The number of benzene rings is 2. The second-order valence-electron chi connectivity index (χ2n) is 4.03. The molecule has 0 bridgehead atoms. The lowest BCUT2D eigenvalue weighted by Crippen LogP contribution is -2.05. The van der Waals surface area contributed by atoms with Crippen molar-refractivity contribution in [2.45, 2.75) is 6.54 Å². The third-order valence-electron chi connectivity index (χ3n) is 2.74. The molecule has 0 spiro atoms. The van der Waals surface area contributed by atoms with E-state index in [-0.39, 0.29) is 22.5 Å². The van der Waals surface area contributed by atoms with Gasteiger partial charge in [-0.15, -0.1) is 0 Å². The maximum atomic E-state index is 13.9. The van der Waals surface area contributed by atoms with E-state index in [0.717, 1.165) is 12.1 Å². The van der Waals surface area contributed by atoms with Crippen LogP contribution in [0.15, 0.2) is 34.8 Å². The van der Waals surface area contributed by atoms with Gasteiger partial charge in [-0.3, -0.25) is 0 Å². The average Bonchev–Trinajstić information content (AvgIpc) is 2.43. The zero-order valence-electron chi connectivity index (χ0n) is 10.5. The third-order valence-corrected chi connectivity index (χ3v) is 3.35. The van der Waals surface area contributed by atoms with Crippen LogP contribution in [0.1, 0.15) is 5.56 Å². The van der Waals surface area contributed by atoms with Gasteiger partial charge in [0.2, 0.25) is 0 Å². The Bertz CT molecular complexity index is 634. The van der Waals surface area contributed by atoms with Crippen molar-refractivity contribution in [1.29, 1.82) is 0 Å². The highest BCUT2D eigenvalue weighted by Crippen LogP contribution is 2.25. The van der Waals surface area contributed by atoms with E-state index in [9.17, 15) is 13.2 Å². The van der Waals surface area contributed by atoms with Gasteiger partial charge in [0, 0.05) is 18.2 Å². The SMILES string of the molecule is COc1cccc(CNc2cc(F)c(Br)cc2F)c1F. The first-order valence-corrected chi connectivity index (χ1v) is 6.52. The van der Waals surface area contributed by atoms with Gasteiger partial charge < -0.3 is 10.1 Å². The summed E-state index contributed by atoms with van der Waals surface area (Å²) in [5.41, 5.74) is 0.264. The van der Waals surface area contributed by atoms with E-state index in [1.807, 2.05) is 0 Å². The van der Waals surface area contributed by atoms with Crippen molar-refractivity contribution in [3.05, 3.63) is 57.8 Å². The molecule has 2 aromatic rings. The molecular formula is C14H11BrF3NO. The van der Waals surface area contributed by atoms with Crippen LogP contribution in [-0.4, -0.2) is 7.11 Å². The summed E-state index contributed by atoms with van der Waals surface area (Å²) < 4.78 is 45.7. The maximum Gasteiger partial charge on any atom is 0.170 e. The molecule has 2 nitrogen and oxygen atoms in total. The molecule has 0 aliphatic heterocycles. The van der Waals surface area contributed by atoms with Crippen LogP contribution in [0, 0.1) is 17.5 Å². The Labute approximate surface area is 122 Å². The Balaban J connectivity index is 2.19. The van der Waals surface area contributed by atoms with Crippen LogP contribution in [0.25, 0.3) is 0 Å². The number of ether oxygens (including phenoxy) is 1. The smallest absolute Gasteiger partial charge is 0.170 e. The Morgan fingerprint density at radius 2 is 1.90 bits per heavy atom. The van der Waals surface area contributed by atoms with Crippen LogP contribution in [0.4, 0.5) is 18.9 Å². The molecule has 0 aliphatic carbocycles. The summed E-state index contributed by atoms with van der Waals surface area (Å²) in [6.45, 7) is 0.0149. The topological polar surface area (TPSA) is 21.3 Å². The van der Waals surface area contributed by atoms with Crippen LogP contribution in [0.5, 0.6) is 5.75 Å². The van der Waals surface area contributed by atoms with E-state index in [0.29, 0.717) is 5.56 Å². The molecule has 0 atom stereocenters. The molecule has 20 heavy (non-hydrogen) atoms. The van der Waals surface area contributed by atoms with Crippen molar-refractivity contribution in [2.24, 2.45) is 0 Å². The summed E-state index contributed by atoms with van der Waals surface area (Å²) >= 11 is 2.89. The highest BCUT2D eigenvalue weighted by atomic mass is 79.9. The highest BCUT2D eigenvalue weighted by Gasteiger charge is 2.11. The van der Waals surface area contributed by atoms with E-state index in [2.05, 4.69) is 21.2 Å². The fraction of sp³-hybridized carbons (Fsp3) is 0.143. The number of hydrogen-bond donors (Lipinski definition) is 1. The van der Waals surface area contributed by atoms with Gasteiger partial charge in [-0.1, -0.05) is 12.1 Å². The quantitative estimate of drug-likeness (QED) is 0.824. The molecule has 0 heterocycles. The van der Waals surface area contributed by atoms with Crippen molar-refractivity contribution in [3.63, 3.8) is 0 Å². The van der Waals surface area contributed by atoms with E-state index < -0.39 is 17.5 Å². The summed E-state index contributed by atoms with van der Waals surface area (Å²) in [4.78, 5) is 0. The van der Waals surface area contributed by atoms with Crippen LogP contribution in [-0.2, 0) is 6.54 Å². The predicted molar refractivity (Wildman–Crippen MR) is 74.3 cm³/mol. The van der Waals surface area contributed by atoms with Crippen molar-refractivity contribution >= 4 is 21.6 Å². The second-order valence-corrected chi connectivity index (χ2v) is 4.89. The van der Waals surface area contributed by atoms with Crippen molar-refractivity contribution in [1.82, 2.24) is 0 Å². The van der Waals surface area contributed by atoms with Crippen LogP contribution in [0.3, 0.4) is 0 Å². The van der Waals surface area contributed by atoms with Gasteiger partial charge in [-0.05, 0) is 28.1 Å². The molecule has 0 saturated heterocycles. The highest BCUT2D eigenvalue weighted by molar-refractivity contribution is 9.10. The standard InChI is InChI=1S/C14H11BrF3NO/c1-20-13-4-2-3-8(14(13)18)7-19-12-6-10(16)9(15)5-11(12)17/h2-6,19H,7H2,1H3. The molecule has 0 amide bonds. The first-order valence-electron chi connectivity index (χ1n) is 5.72. The van der Waals surface area contributed by atoms with Gasteiger partial charge in [-0.25, -0.2) is 13.2 Å². The van der Waals surface area contributed by atoms with E-state index >= 15 is 0 Å². The number of rotatable bonds is 4. The lowest BCUT2D eigenvalue weighted by molar-refractivity contribution is 0.384. The summed E-state index contributed by atoms with van der Waals surface area (Å²) in [6, 6.07) is 6.67. The van der Waals surface area contributed by atoms with Gasteiger partial charge in [0.25, 0.3) is 0 Å². The van der Waals surface area contributed by atoms with Crippen LogP contribution < -0.4 is 10.1 Å². The zero-order chi connectivity index (χ0) is 14.7. The molecular weight excluding hydrogens is 335 g/mol. The molecule has 0 aromatic heterocycles. The first-order chi connectivity index (χ1) is 9.52. The molecule has 0 unspecified atom stereocenters. The minimum atomic E-state index is -0.624. The minimum Gasteiger partial charge on any atom is -0.494 e. The molecule has 0 radical (unpaired) electrons. The average molecular weight is 346 g/mol. The van der Waals surface area contributed by atoms with Crippen molar-refractivity contribution < 1.29 is 17.9 Å². The number of halogens is 4. The minimum absolute atomic E-state index is 0.0149. The van der Waals surface area contributed by atoms with E-state index in [1.54, 1.807) is 6.07 Å². The monoisotopic (exact) mass is 345 g/mol. The molecule has 0 saturated carbocycles. The molecule has 0 aliphatic rings. The Hall–Kier alpha value is -1.69. The van der Waals surface area contributed by atoms with Gasteiger partial charge in [0.1, 0.15) is 11.6 Å². The molecule has 6 heteroatoms. The van der Waals surface area contributed by atoms with E-state index in [1.165, 1.54) is 19.2 Å². The Kier molecular flexibility index (Phi) is 4.54. The lowest BCUT2D eigenvalue weighted by Gasteiger charge is -2.11. The van der Waals surface area contributed by atoms with Gasteiger partial charge in [-0.2, -0.15) is 0 Å². The third kappa shape index (κ3) is 3.07. The predicted octanol–water partition coefficient (Wildman–Crippen LogP) is 4.49. The fourth-order valence-corrected chi connectivity index (χ4v) is 2.01. The molecule has 2 rings (SSSR count). The van der Waals surface area contributed by atoms with Gasteiger partial charge in [0.05, 0.1) is 17.3 Å². The van der Waals surface area contributed by atoms with Gasteiger partial charge in [0.15, 0.2) is 11.6 Å². The van der Waals surface area contributed by atoms with Gasteiger partial charge >= 0.3 is 0 Å². The normalized spacial score (nSPS) is 10.4. The largest absolute Gasteiger partial charge is 0.494 e. The number of nitrogens with one attached hydrogen (secondary N) is 1. The summed E-state index contributed by atoms with van der Waals surface area (Å²) in [7, 11) is 1.36. The summed E-state index contributed by atoms with van der Waals surface area (Å²) in [5.74, 6) is -1.64. The zero-order valence-corrected chi connectivity index (χ0v) is 12.1. The Morgan fingerprint density at radius 3 is 2.60 bits per heavy atom. The number of methoxy groups -OCH3 is 1. The number of hydrogen-bond acceptors (Lipinski definition) is 2. The molecule has 2 aromatic carbocycles. The Morgan fingerprint density at radius 1 is 1.15 bits per heavy atom. The first kappa shape index (κ1) is 14.7. The lowest BCUT2D eigenvalue weighted by atomic mass is 10.2. The molecule has 1 N–H and O–H groups in total. The van der Waals surface area contributed by atoms with Crippen molar-refractivity contribution in [3.8, 4) is 5.75 Å². The fourth-order valence-electron chi connectivity index (χ4n) is 1.70. The van der Waals surface area contributed by atoms with Crippen molar-refractivity contribution in [2.75, 3.05) is 12.4 Å².